The van der Waals surface area contributed by atoms with Crippen LogP contribution in [0.5, 0.6) is 0 Å². The maximum absolute atomic E-state index is 12.4. The van der Waals surface area contributed by atoms with Crippen LogP contribution < -0.4 is 10.0 Å². The lowest BCUT2D eigenvalue weighted by Crippen LogP contribution is -2.34. The van der Waals surface area contributed by atoms with E-state index in [1.165, 1.54) is 6.42 Å². The molecule has 0 heterocycles. The summed E-state index contributed by atoms with van der Waals surface area (Å²) in [5.41, 5.74) is 1.08. The fraction of sp³-hybridized carbons (Fsp3) is 0.625. The first kappa shape index (κ1) is 16.5. The van der Waals surface area contributed by atoms with Crippen LogP contribution >= 0.6 is 0 Å². The second kappa shape index (κ2) is 7.38. The Kier molecular flexibility index (Phi) is 5.79. The lowest BCUT2D eigenvalue weighted by atomic mass is 10.0. The zero-order valence-corrected chi connectivity index (χ0v) is 13.7. The average Bonchev–Trinajstić information content (AvgIpc) is 2.64. The second-order valence-electron chi connectivity index (χ2n) is 6.11. The van der Waals surface area contributed by atoms with Crippen molar-refractivity contribution in [2.45, 2.75) is 56.5 Å². The van der Waals surface area contributed by atoms with Gasteiger partial charge in [0, 0.05) is 12.6 Å². The molecular weight excluding hydrogens is 284 g/mol. The quantitative estimate of drug-likeness (QED) is 0.822. The smallest absolute Gasteiger partial charge is 0.240 e. The van der Waals surface area contributed by atoms with Crippen molar-refractivity contribution in [3.05, 3.63) is 29.8 Å². The van der Waals surface area contributed by atoms with Gasteiger partial charge in [-0.2, -0.15) is 0 Å². The van der Waals surface area contributed by atoms with Crippen molar-refractivity contribution in [1.82, 2.24) is 10.0 Å². The van der Waals surface area contributed by atoms with E-state index in [-0.39, 0.29) is 6.04 Å². The van der Waals surface area contributed by atoms with Gasteiger partial charge >= 0.3 is 0 Å². The third-order valence-electron chi connectivity index (χ3n) is 4.19. The van der Waals surface area contributed by atoms with Gasteiger partial charge < -0.3 is 5.32 Å². The van der Waals surface area contributed by atoms with E-state index in [1.54, 1.807) is 12.1 Å². The van der Waals surface area contributed by atoms with Crippen LogP contribution in [0, 0.1) is 5.92 Å². The summed E-state index contributed by atoms with van der Waals surface area (Å²) < 4.78 is 27.8. The molecule has 21 heavy (non-hydrogen) atoms. The molecule has 1 aliphatic rings. The largest absolute Gasteiger partial charge is 0.316 e. The molecule has 1 aliphatic carbocycles. The molecule has 0 aromatic heterocycles. The van der Waals surface area contributed by atoms with Gasteiger partial charge in [-0.25, -0.2) is 13.1 Å². The molecule has 118 valence electrons. The highest BCUT2D eigenvalue weighted by atomic mass is 32.2. The van der Waals surface area contributed by atoms with E-state index in [4.69, 9.17) is 0 Å². The van der Waals surface area contributed by atoms with E-state index < -0.39 is 10.0 Å². The third-order valence-corrected chi connectivity index (χ3v) is 5.73. The number of sulfonamides is 1. The van der Waals surface area contributed by atoms with Crippen molar-refractivity contribution < 1.29 is 8.42 Å². The molecular formula is C16H26N2O2S. The summed E-state index contributed by atoms with van der Waals surface area (Å²) in [6, 6.07) is 7.18. The Bertz CT molecular complexity index is 540. The van der Waals surface area contributed by atoms with Crippen molar-refractivity contribution in [3.63, 3.8) is 0 Å². The molecule has 0 saturated heterocycles. The second-order valence-corrected chi connectivity index (χ2v) is 7.82. The zero-order valence-electron chi connectivity index (χ0n) is 12.9. The minimum absolute atomic E-state index is 0.0805. The third kappa shape index (κ3) is 4.80. The first-order valence-corrected chi connectivity index (χ1v) is 9.25. The molecule has 0 amide bonds. The molecule has 4 nitrogen and oxygen atoms in total. The maximum atomic E-state index is 12.4. The van der Waals surface area contributed by atoms with Crippen molar-refractivity contribution >= 4 is 10.0 Å². The van der Waals surface area contributed by atoms with E-state index in [2.05, 4.69) is 17.0 Å². The van der Waals surface area contributed by atoms with Crippen LogP contribution in [0.4, 0.5) is 0 Å². The highest BCUT2D eigenvalue weighted by Gasteiger charge is 2.22. The molecule has 2 unspecified atom stereocenters. The van der Waals surface area contributed by atoms with E-state index in [9.17, 15) is 8.42 Å². The SMILES string of the molecule is CNCc1ccc(S(=O)(=O)NC2CCCC(C)CC2)cc1. The summed E-state index contributed by atoms with van der Waals surface area (Å²) in [5, 5.41) is 3.05. The number of nitrogens with one attached hydrogen (secondary N) is 2. The maximum Gasteiger partial charge on any atom is 0.240 e. The molecule has 1 aromatic rings. The molecule has 2 atom stereocenters. The van der Waals surface area contributed by atoms with Crippen LogP contribution in [0.2, 0.25) is 0 Å². The van der Waals surface area contributed by atoms with Gasteiger partial charge in [0.05, 0.1) is 4.90 Å². The Morgan fingerprint density at radius 2 is 1.81 bits per heavy atom. The van der Waals surface area contributed by atoms with E-state index in [0.29, 0.717) is 10.8 Å². The number of rotatable bonds is 5. The molecule has 2 N–H and O–H groups in total. The average molecular weight is 310 g/mol. The fourth-order valence-electron chi connectivity index (χ4n) is 2.88. The summed E-state index contributed by atoms with van der Waals surface area (Å²) in [6.07, 6.45) is 5.31. The topological polar surface area (TPSA) is 58.2 Å². The molecule has 0 spiro atoms. The Hall–Kier alpha value is -0.910. The number of benzene rings is 1. The Balaban J connectivity index is 2.03. The molecule has 0 radical (unpaired) electrons. The van der Waals surface area contributed by atoms with Crippen LogP contribution in [0.15, 0.2) is 29.2 Å². The first-order chi connectivity index (χ1) is 10.0. The zero-order chi connectivity index (χ0) is 15.3. The van der Waals surface area contributed by atoms with E-state index in [1.807, 2.05) is 19.2 Å². The van der Waals surface area contributed by atoms with Gasteiger partial charge in [-0.05, 0) is 49.9 Å². The standard InChI is InChI=1S/C16H26N2O2S/c1-13-4-3-5-15(9-6-13)18-21(19,20)16-10-7-14(8-11-16)12-17-2/h7-8,10-11,13,15,17-18H,3-6,9,12H2,1-2H3. The minimum Gasteiger partial charge on any atom is -0.316 e. The lowest BCUT2D eigenvalue weighted by molar-refractivity contribution is 0.484. The summed E-state index contributed by atoms with van der Waals surface area (Å²) in [4.78, 5) is 0.361. The molecule has 5 heteroatoms. The van der Waals surface area contributed by atoms with Crippen molar-refractivity contribution in [3.8, 4) is 0 Å². The highest BCUT2D eigenvalue weighted by Crippen LogP contribution is 2.24. The van der Waals surface area contributed by atoms with Crippen LogP contribution in [0.3, 0.4) is 0 Å². The van der Waals surface area contributed by atoms with Crippen molar-refractivity contribution in [2.75, 3.05) is 7.05 Å². The van der Waals surface area contributed by atoms with Gasteiger partial charge in [-0.1, -0.05) is 31.9 Å². The summed E-state index contributed by atoms with van der Waals surface area (Å²) in [6.45, 7) is 2.99. The number of hydrogen-bond acceptors (Lipinski definition) is 3. The molecule has 0 aliphatic heterocycles. The first-order valence-electron chi connectivity index (χ1n) is 7.77. The lowest BCUT2D eigenvalue weighted by Gasteiger charge is -2.16. The van der Waals surface area contributed by atoms with Gasteiger partial charge in [0.2, 0.25) is 10.0 Å². The Morgan fingerprint density at radius 1 is 1.10 bits per heavy atom. The molecule has 1 aromatic carbocycles. The van der Waals surface area contributed by atoms with Crippen LogP contribution in [-0.2, 0) is 16.6 Å². The monoisotopic (exact) mass is 310 g/mol. The van der Waals surface area contributed by atoms with Crippen LogP contribution in [0.25, 0.3) is 0 Å². The minimum atomic E-state index is -3.40. The summed E-state index contributed by atoms with van der Waals surface area (Å²) in [7, 11) is -1.52. The summed E-state index contributed by atoms with van der Waals surface area (Å²) in [5.74, 6) is 0.709. The van der Waals surface area contributed by atoms with Gasteiger partial charge in [-0.3, -0.25) is 0 Å². The van der Waals surface area contributed by atoms with Gasteiger partial charge in [0.1, 0.15) is 0 Å². The molecule has 1 saturated carbocycles. The highest BCUT2D eigenvalue weighted by molar-refractivity contribution is 7.89. The number of hydrogen-bond donors (Lipinski definition) is 2. The van der Waals surface area contributed by atoms with Crippen molar-refractivity contribution in [2.24, 2.45) is 5.92 Å². The predicted octanol–water partition coefficient (Wildman–Crippen LogP) is 2.65. The normalized spacial score (nSPS) is 23.7. The molecule has 0 bridgehead atoms. The Morgan fingerprint density at radius 3 is 2.48 bits per heavy atom. The predicted molar refractivity (Wildman–Crippen MR) is 85.6 cm³/mol. The van der Waals surface area contributed by atoms with Crippen molar-refractivity contribution in [1.29, 1.82) is 0 Å². The molecule has 2 rings (SSSR count). The van der Waals surface area contributed by atoms with Gasteiger partial charge in [0.25, 0.3) is 0 Å². The van der Waals surface area contributed by atoms with Crippen LogP contribution in [0.1, 0.15) is 44.6 Å². The summed E-state index contributed by atoms with van der Waals surface area (Å²) >= 11 is 0. The fourth-order valence-corrected chi connectivity index (χ4v) is 4.19. The van der Waals surface area contributed by atoms with Crippen LogP contribution in [-0.4, -0.2) is 21.5 Å². The van der Waals surface area contributed by atoms with E-state index in [0.717, 1.165) is 37.8 Å². The van der Waals surface area contributed by atoms with E-state index >= 15 is 0 Å². The van der Waals surface area contributed by atoms with Gasteiger partial charge in [0.15, 0.2) is 0 Å². The Labute approximate surface area is 128 Å². The molecule has 1 fully saturated rings. The van der Waals surface area contributed by atoms with Gasteiger partial charge in [-0.15, -0.1) is 0 Å².